The van der Waals surface area contributed by atoms with Crippen LogP contribution in [0.1, 0.15) is 57.6 Å². The molecule has 0 atom stereocenters. The number of furan rings is 1. The lowest BCUT2D eigenvalue weighted by Crippen LogP contribution is -2.32. The molecule has 0 spiro atoms. The highest BCUT2D eigenvalue weighted by Crippen LogP contribution is 2.31. The first-order chi connectivity index (χ1) is 9.95. The summed E-state index contributed by atoms with van der Waals surface area (Å²) in [5.74, 6) is 3.79. The fourth-order valence-corrected chi connectivity index (χ4v) is 2.63. The molecule has 0 aromatic carbocycles. The maximum absolute atomic E-state index is 5.97. The van der Waals surface area contributed by atoms with E-state index in [1.165, 1.54) is 24.9 Å². The topological polar surface area (TPSA) is 28.4 Å². The molecule has 1 heterocycles. The van der Waals surface area contributed by atoms with Crippen LogP contribution >= 0.6 is 0 Å². The number of rotatable bonds is 9. The third-order valence-electron chi connectivity index (χ3n) is 4.22. The summed E-state index contributed by atoms with van der Waals surface area (Å²) < 4.78 is 5.97. The molecule has 0 unspecified atom stereocenters. The molecule has 0 saturated heterocycles. The summed E-state index contributed by atoms with van der Waals surface area (Å²) in [5.41, 5.74) is 1.31. The van der Waals surface area contributed by atoms with Crippen LogP contribution in [0.5, 0.6) is 0 Å². The molecule has 1 N–H and O–H groups in total. The van der Waals surface area contributed by atoms with E-state index in [2.05, 4.69) is 50.9 Å². The quantitative estimate of drug-likeness (QED) is 0.747. The molecule has 0 amide bonds. The zero-order valence-electron chi connectivity index (χ0n) is 14.4. The molecule has 1 aliphatic carbocycles. The Hall–Kier alpha value is -0.800. The summed E-state index contributed by atoms with van der Waals surface area (Å²) in [6.45, 7) is 15.2. The van der Waals surface area contributed by atoms with Gasteiger partial charge in [0.15, 0.2) is 0 Å². The predicted octanol–water partition coefficient (Wildman–Crippen LogP) is 3.95. The van der Waals surface area contributed by atoms with Crippen molar-refractivity contribution < 1.29 is 4.42 Å². The molecule has 1 fully saturated rings. The van der Waals surface area contributed by atoms with Crippen molar-refractivity contribution in [1.82, 2.24) is 10.2 Å². The summed E-state index contributed by atoms with van der Waals surface area (Å²) in [4.78, 5) is 2.54. The van der Waals surface area contributed by atoms with Crippen molar-refractivity contribution in [3.05, 3.63) is 23.2 Å². The average molecular weight is 292 g/mol. The zero-order valence-corrected chi connectivity index (χ0v) is 14.4. The van der Waals surface area contributed by atoms with Crippen LogP contribution in [-0.2, 0) is 13.1 Å². The Morgan fingerprint density at radius 1 is 1.29 bits per heavy atom. The van der Waals surface area contributed by atoms with Gasteiger partial charge in [-0.05, 0) is 58.1 Å². The molecular weight excluding hydrogens is 260 g/mol. The maximum atomic E-state index is 5.97. The standard InChI is InChI=1S/C18H32N2O/c1-13(2)9-19-10-17-8-18(21-15(17)5)12-20(14(3)4)11-16-6-7-16/h8,13-14,16,19H,6-7,9-12H2,1-5H3. The van der Waals surface area contributed by atoms with Crippen LogP contribution < -0.4 is 5.32 Å². The minimum absolute atomic E-state index is 0.582. The Labute approximate surface area is 130 Å². The van der Waals surface area contributed by atoms with Crippen molar-refractivity contribution in [3.63, 3.8) is 0 Å². The van der Waals surface area contributed by atoms with Gasteiger partial charge in [-0.3, -0.25) is 4.90 Å². The number of aryl methyl sites for hydroxylation is 1. The van der Waals surface area contributed by atoms with Crippen molar-refractivity contribution in [1.29, 1.82) is 0 Å². The SMILES string of the molecule is Cc1oc(CN(CC2CC2)C(C)C)cc1CNCC(C)C. The highest BCUT2D eigenvalue weighted by molar-refractivity contribution is 5.20. The van der Waals surface area contributed by atoms with Crippen LogP contribution in [0.25, 0.3) is 0 Å². The molecule has 1 aliphatic rings. The van der Waals surface area contributed by atoms with Gasteiger partial charge in [0.05, 0.1) is 6.54 Å². The van der Waals surface area contributed by atoms with Gasteiger partial charge in [-0.25, -0.2) is 0 Å². The smallest absolute Gasteiger partial charge is 0.118 e. The van der Waals surface area contributed by atoms with Gasteiger partial charge in [0.1, 0.15) is 11.5 Å². The largest absolute Gasteiger partial charge is 0.465 e. The summed E-state index contributed by atoms with van der Waals surface area (Å²) in [6.07, 6.45) is 2.82. The lowest BCUT2D eigenvalue weighted by molar-refractivity contribution is 0.187. The Morgan fingerprint density at radius 3 is 2.57 bits per heavy atom. The van der Waals surface area contributed by atoms with Crippen LogP contribution in [-0.4, -0.2) is 24.0 Å². The van der Waals surface area contributed by atoms with Gasteiger partial charge in [-0.15, -0.1) is 0 Å². The summed E-state index contributed by atoms with van der Waals surface area (Å²) in [5, 5.41) is 3.50. The van der Waals surface area contributed by atoms with E-state index in [0.717, 1.165) is 37.1 Å². The summed E-state index contributed by atoms with van der Waals surface area (Å²) in [6, 6.07) is 2.82. The van der Waals surface area contributed by atoms with Crippen LogP contribution in [0.3, 0.4) is 0 Å². The first-order valence-corrected chi connectivity index (χ1v) is 8.48. The van der Waals surface area contributed by atoms with E-state index in [1.54, 1.807) is 0 Å². The van der Waals surface area contributed by atoms with Crippen LogP contribution in [0, 0.1) is 18.8 Å². The molecule has 1 saturated carbocycles. The van der Waals surface area contributed by atoms with Crippen molar-refractivity contribution >= 4 is 0 Å². The van der Waals surface area contributed by atoms with E-state index in [4.69, 9.17) is 4.42 Å². The average Bonchev–Trinajstić information content (AvgIpc) is 3.13. The van der Waals surface area contributed by atoms with Gasteiger partial charge in [-0.1, -0.05) is 13.8 Å². The van der Waals surface area contributed by atoms with Gasteiger partial charge in [0.25, 0.3) is 0 Å². The Kier molecular flexibility index (Phi) is 5.88. The second-order valence-corrected chi connectivity index (χ2v) is 7.29. The number of nitrogens with zero attached hydrogens (tertiary/aromatic N) is 1. The summed E-state index contributed by atoms with van der Waals surface area (Å²) in [7, 11) is 0. The minimum atomic E-state index is 0.582. The van der Waals surface area contributed by atoms with Gasteiger partial charge in [0, 0.05) is 24.7 Å². The van der Waals surface area contributed by atoms with Gasteiger partial charge < -0.3 is 9.73 Å². The van der Waals surface area contributed by atoms with E-state index < -0.39 is 0 Å². The Balaban J connectivity index is 1.89. The van der Waals surface area contributed by atoms with Gasteiger partial charge in [0.2, 0.25) is 0 Å². The molecule has 3 heteroatoms. The van der Waals surface area contributed by atoms with E-state index >= 15 is 0 Å². The lowest BCUT2D eigenvalue weighted by atomic mass is 10.2. The van der Waals surface area contributed by atoms with Gasteiger partial charge >= 0.3 is 0 Å². The Morgan fingerprint density at radius 2 is 2.00 bits per heavy atom. The first kappa shape index (κ1) is 16.6. The third-order valence-corrected chi connectivity index (χ3v) is 4.22. The highest BCUT2D eigenvalue weighted by atomic mass is 16.3. The van der Waals surface area contributed by atoms with Crippen molar-refractivity contribution in [2.75, 3.05) is 13.1 Å². The fourth-order valence-electron chi connectivity index (χ4n) is 2.63. The molecule has 0 radical (unpaired) electrons. The van der Waals surface area contributed by atoms with E-state index in [1.807, 2.05) is 0 Å². The molecule has 1 aromatic rings. The van der Waals surface area contributed by atoms with Gasteiger partial charge in [-0.2, -0.15) is 0 Å². The van der Waals surface area contributed by atoms with Crippen LogP contribution in [0.4, 0.5) is 0 Å². The minimum Gasteiger partial charge on any atom is -0.465 e. The number of nitrogens with one attached hydrogen (secondary N) is 1. The molecular formula is C18H32N2O. The molecule has 0 aliphatic heterocycles. The number of hydrogen-bond donors (Lipinski definition) is 1. The maximum Gasteiger partial charge on any atom is 0.118 e. The van der Waals surface area contributed by atoms with E-state index in [9.17, 15) is 0 Å². The number of hydrogen-bond acceptors (Lipinski definition) is 3. The first-order valence-electron chi connectivity index (χ1n) is 8.48. The van der Waals surface area contributed by atoms with Crippen LogP contribution in [0.2, 0.25) is 0 Å². The molecule has 1 aromatic heterocycles. The third kappa shape index (κ3) is 5.48. The second-order valence-electron chi connectivity index (χ2n) is 7.29. The summed E-state index contributed by atoms with van der Waals surface area (Å²) >= 11 is 0. The zero-order chi connectivity index (χ0) is 15.4. The monoisotopic (exact) mass is 292 g/mol. The van der Waals surface area contributed by atoms with Crippen LogP contribution in [0.15, 0.2) is 10.5 Å². The van der Waals surface area contributed by atoms with Crippen molar-refractivity contribution in [2.45, 2.75) is 66.6 Å². The van der Waals surface area contributed by atoms with E-state index in [-0.39, 0.29) is 0 Å². The molecule has 0 bridgehead atoms. The predicted molar refractivity (Wildman–Crippen MR) is 88.3 cm³/mol. The normalized spacial score (nSPS) is 15.6. The van der Waals surface area contributed by atoms with Crippen molar-refractivity contribution in [3.8, 4) is 0 Å². The molecule has 2 rings (SSSR count). The lowest BCUT2D eigenvalue weighted by Gasteiger charge is -2.25. The Bertz CT molecular complexity index is 432. The molecule has 120 valence electrons. The molecule has 3 nitrogen and oxygen atoms in total. The van der Waals surface area contributed by atoms with Crippen molar-refractivity contribution in [2.24, 2.45) is 11.8 Å². The van der Waals surface area contributed by atoms with E-state index in [0.29, 0.717) is 12.0 Å². The fraction of sp³-hybridized carbons (Fsp3) is 0.778. The second kappa shape index (κ2) is 7.46. The highest BCUT2D eigenvalue weighted by Gasteiger charge is 2.26. The molecule has 21 heavy (non-hydrogen) atoms.